The van der Waals surface area contributed by atoms with Crippen molar-refractivity contribution < 1.29 is 9.53 Å². The number of methoxy groups -OCH3 is 1. The second-order valence-electron chi connectivity index (χ2n) is 5.45. The Morgan fingerprint density at radius 1 is 1.29 bits per heavy atom. The molecule has 0 aliphatic carbocycles. The summed E-state index contributed by atoms with van der Waals surface area (Å²) in [4.78, 5) is 14.5. The van der Waals surface area contributed by atoms with Gasteiger partial charge in [0.1, 0.15) is 5.75 Å². The molecule has 0 unspecified atom stereocenters. The molecule has 1 N–H and O–H groups in total. The van der Waals surface area contributed by atoms with Crippen molar-refractivity contribution in [3.8, 4) is 5.75 Å². The molecule has 0 spiro atoms. The van der Waals surface area contributed by atoms with E-state index < -0.39 is 0 Å². The number of rotatable bonds is 4. The topological polar surface area (TPSA) is 53.9 Å². The molecule has 0 aromatic heterocycles. The molecule has 1 fully saturated rings. The van der Waals surface area contributed by atoms with E-state index in [-0.39, 0.29) is 5.91 Å². The summed E-state index contributed by atoms with van der Waals surface area (Å²) in [5.41, 5.74) is 4.19. The highest BCUT2D eigenvalue weighted by atomic mass is 16.5. The first-order valence-corrected chi connectivity index (χ1v) is 7.34. The number of amides is 1. The molecule has 1 heterocycles. The lowest BCUT2D eigenvalue weighted by atomic mass is 10.1. The fourth-order valence-electron chi connectivity index (χ4n) is 2.43. The summed E-state index contributed by atoms with van der Waals surface area (Å²) in [5.74, 6) is 0.330. The first-order chi connectivity index (χ1) is 10.1. The number of hydrazone groups is 1. The van der Waals surface area contributed by atoms with Crippen molar-refractivity contribution >= 4 is 11.6 Å². The molecule has 1 aliphatic heterocycles. The summed E-state index contributed by atoms with van der Waals surface area (Å²) in [6.45, 7) is 6.40. The van der Waals surface area contributed by atoms with E-state index in [0.29, 0.717) is 17.4 Å². The molecule has 1 aromatic carbocycles. The van der Waals surface area contributed by atoms with E-state index in [1.54, 1.807) is 19.2 Å². The van der Waals surface area contributed by atoms with Gasteiger partial charge < -0.3 is 9.64 Å². The minimum absolute atomic E-state index is 0.230. The summed E-state index contributed by atoms with van der Waals surface area (Å²) in [5, 5.41) is 4.26. The van der Waals surface area contributed by atoms with Gasteiger partial charge in [0.05, 0.1) is 12.7 Å². The van der Waals surface area contributed by atoms with Gasteiger partial charge in [-0.15, -0.1) is 0 Å². The molecule has 0 atom stereocenters. The molecular weight excluding hydrogens is 266 g/mol. The molecule has 1 aliphatic rings. The summed E-state index contributed by atoms with van der Waals surface area (Å²) < 4.78 is 5.18. The number of nitrogens with zero attached hydrogens (tertiary/aromatic N) is 2. The quantitative estimate of drug-likeness (QED) is 0.865. The first kappa shape index (κ1) is 15.5. The second kappa shape index (κ2) is 7.22. The van der Waals surface area contributed by atoms with Crippen LogP contribution < -0.4 is 10.2 Å². The molecule has 1 aromatic rings. The van der Waals surface area contributed by atoms with E-state index in [1.807, 2.05) is 12.1 Å². The number of benzene rings is 1. The van der Waals surface area contributed by atoms with E-state index in [0.717, 1.165) is 31.6 Å². The van der Waals surface area contributed by atoms with Gasteiger partial charge in [-0.05, 0) is 26.0 Å². The van der Waals surface area contributed by atoms with Crippen molar-refractivity contribution in [2.24, 2.45) is 5.10 Å². The van der Waals surface area contributed by atoms with Gasteiger partial charge in [-0.3, -0.25) is 4.79 Å². The molecule has 1 saturated heterocycles. The zero-order valence-electron chi connectivity index (χ0n) is 12.9. The number of hydrogen-bond donors (Lipinski definition) is 1. The summed E-state index contributed by atoms with van der Waals surface area (Å²) in [7, 11) is 1.56. The van der Waals surface area contributed by atoms with Crippen molar-refractivity contribution in [1.82, 2.24) is 10.3 Å². The number of ether oxygens (including phenoxy) is 1. The van der Waals surface area contributed by atoms with Gasteiger partial charge in [-0.1, -0.05) is 12.1 Å². The number of nitrogens with one attached hydrogen (secondary N) is 1. The predicted molar refractivity (Wildman–Crippen MR) is 83.8 cm³/mol. The van der Waals surface area contributed by atoms with Crippen LogP contribution in [-0.4, -0.2) is 42.8 Å². The lowest BCUT2D eigenvalue weighted by Gasteiger charge is -2.30. The van der Waals surface area contributed by atoms with Crippen molar-refractivity contribution in [2.75, 3.05) is 20.2 Å². The van der Waals surface area contributed by atoms with Gasteiger partial charge in [0.15, 0.2) is 0 Å². The molecule has 0 bridgehead atoms. The van der Waals surface area contributed by atoms with Gasteiger partial charge in [0.25, 0.3) is 5.91 Å². The smallest absolute Gasteiger partial charge is 0.275 e. The number of piperidine rings is 1. The third-order valence-electron chi connectivity index (χ3n) is 3.77. The number of hydrogen-bond acceptors (Lipinski definition) is 4. The molecule has 0 saturated carbocycles. The van der Waals surface area contributed by atoms with Gasteiger partial charge in [0, 0.05) is 37.7 Å². The van der Waals surface area contributed by atoms with Crippen LogP contribution in [0.15, 0.2) is 29.4 Å². The second-order valence-corrected chi connectivity index (χ2v) is 5.45. The monoisotopic (exact) mass is 289 g/mol. The molecule has 0 radical (unpaired) electrons. The van der Waals surface area contributed by atoms with Crippen LogP contribution in [0.4, 0.5) is 0 Å². The van der Waals surface area contributed by atoms with E-state index in [2.05, 4.69) is 29.3 Å². The van der Waals surface area contributed by atoms with Gasteiger partial charge in [0.2, 0.25) is 0 Å². The fraction of sp³-hybridized carbons (Fsp3) is 0.500. The molecule has 114 valence electrons. The van der Waals surface area contributed by atoms with Crippen molar-refractivity contribution in [1.29, 1.82) is 0 Å². The molecule has 5 heteroatoms. The Morgan fingerprint density at radius 2 is 1.95 bits per heavy atom. The Hall–Kier alpha value is -1.88. The van der Waals surface area contributed by atoms with E-state index in [1.165, 1.54) is 0 Å². The highest BCUT2D eigenvalue weighted by Gasteiger charge is 2.17. The number of likely N-dealkylation sites (tertiary alicyclic amines) is 1. The number of para-hydroxylation sites is 1. The maximum Gasteiger partial charge on any atom is 0.275 e. The van der Waals surface area contributed by atoms with Crippen LogP contribution in [0, 0.1) is 0 Å². The van der Waals surface area contributed by atoms with Crippen molar-refractivity contribution in [3.05, 3.63) is 29.8 Å². The first-order valence-electron chi connectivity index (χ1n) is 7.34. The van der Waals surface area contributed by atoms with Crippen LogP contribution in [0.5, 0.6) is 5.75 Å². The van der Waals surface area contributed by atoms with Gasteiger partial charge >= 0.3 is 0 Å². The Balaban J connectivity index is 1.94. The minimum Gasteiger partial charge on any atom is -0.496 e. The summed E-state index contributed by atoms with van der Waals surface area (Å²) in [6, 6.07) is 7.71. The fourth-order valence-corrected chi connectivity index (χ4v) is 2.43. The van der Waals surface area contributed by atoms with Crippen LogP contribution in [0.2, 0.25) is 0 Å². The van der Waals surface area contributed by atoms with E-state index >= 15 is 0 Å². The average molecular weight is 289 g/mol. The van der Waals surface area contributed by atoms with Crippen LogP contribution in [0.3, 0.4) is 0 Å². The number of carbonyl (C=O) groups is 1. The molecule has 2 rings (SSSR count). The zero-order valence-corrected chi connectivity index (χ0v) is 12.9. The lowest BCUT2D eigenvalue weighted by molar-refractivity contribution is 0.0951. The van der Waals surface area contributed by atoms with Crippen LogP contribution >= 0.6 is 0 Å². The highest BCUT2D eigenvalue weighted by molar-refractivity contribution is 5.97. The molecule has 5 nitrogen and oxygen atoms in total. The zero-order chi connectivity index (χ0) is 15.2. The highest BCUT2D eigenvalue weighted by Crippen LogP contribution is 2.17. The lowest BCUT2D eigenvalue weighted by Crippen LogP contribution is -2.39. The number of carbonyl (C=O) groups excluding carboxylic acids is 1. The normalized spacial score (nSPS) is 15.9. The van der Waals surface area contributed by atoms with E-state index in [9.17, 15) is 4.79 Å². The third-order valence-corrected chi connectivity index (χ3v) is 3.77. The molecule has 21 heavy (non-hydrogen) atoms. The van der Waals surface area contributed by atoms with Crippen molar-refractivity contribution in [2.45, 2.75) is 32.7 Å². The van der Waals surface area contributed by atoms with E-state index in [4.69, 9.17) is 4.74 Å². The Bertz CT molecular complexity index is 516. The van der Waals surface area contributed by atoms with Gasteiger partial charge in [-0.2, -0.15) is 5.10 Å². The molecular formula is C16H23N3O2. The Morgan fingerprint density at radius 3 is 2.57 bits per heavy atom. The maximum absolute atomic E-state index is 12.1. The predicted octanol–water partition coefficient (Wildman–Crippen LogP) is 2.29. The van der Waals surface area contributed by atoms with Crippen LogP contribution in [0.1, 0.15) is 37.0 Å². The maximum atomic E-state index is 12.1. The van der Waals surface area contributed by atoms with Gasteiger partial charge in [-0.25, -0.2) is 5.43 Å². The van der Waals surface area contributed by atoms with Crippen LogP contribution in [0.25, 0.3) is 0 Å². The van der Waals surface area contributed by atoms with Crippen molar-refractivity contribution in [3.63, 3.8) is 0 Å². The summed E-state index contributed by atoms with van der Waals surface area (Å²) >= 11 is 0. The SMILES string of the molecule is COc1ccccc1C(=O)NN=C1CCN(C(C)C)CC1. The average Bonchev–Trinajstić information content (AvgIpc) is 2.52. The van der Waals surface area contributed by atoms with Crippen LogP contribution in [-0.2, 0) is 0 Å². The largest absolute Gasteiger partial charge is 0.496 e. The third kappa shape index (κ3) is 4.04. The Labute approximate surface area is 126 Å². The Kier molecular flexibility index (Phi) is 5.33. The summed E-state index contributed by atoms with van der Waals surface area (Å²) in [6.07, 6.45) is 1.81. The minimum atomic E-state index is -0.230. The molecule has 1 amide bonds. The standard InChI is InChI=1S/C16H23N3O2/c1-12(2)19-10-8-13(9-11-19)17-18-16(20)14-6-4-5-7-15(14)21-3/h4-7,12H,8-11H2,1-3H3,(H,18,20).